The van der Waals surface area contributed by atoms with Crippen molar-refractivity contribution in [3.05, 3.63) is 467 Å². The Bertz CT molecular complexity index is 9410. The second kappa shape index (κ2) is 32.6. The first-order chi connectivity index (χ1) is 67.6. The first-order valence-electron chi connectivity index (χ1n) is 46.7. The van der Waals surface area contributed by atoms with Crippen LogP contribution < -0.4 is 24.8 Å². The molecular formula is C127H86N4O5Si. The molecule has 0 atom stereocenters. The lowest BCUT2D eigenvalue weighted by Gasteiger charge is -2.28. The normalized spacial score (nSPS) is 11.9. The van der Waals surface area contributed by atoms with E-state index >= 15 is 0 Å². The number of furan rings is 5. The van der Waals surface area contributed by atoms with Crippen molar-refractivity contribution < 1.29 is 22.1 Å². The molecule has 0 aliphatic heterocycles. The molecule has 0 unspecified atom stereocenters. The molecule has 0 aliphatic carbocycles. The zero-order chi connectivity index (χ0) is 90.9. The van der Waals surface area contributed by atoms with Crippen molar-refractivity contribution in [3.63, 3.8) is 0 Å². The molecule has 0 fully saturated rings. The Morgan fingerprint density at radius 2 is 0.453 bits per heavy atom. The summed E-state index contributed by atoms with van der Waals surface area (Å²) in [7, 11) is -1.47. The highest BCUT2D eigenvalue weighted by Gasteiger charge is 2.29. The van der Waals surface area contributed by atoms with E-state index in [9.17, 15) is 0 Å². The smallest absolute Gasteiger partial charge is 0.159 e. The molecule has 0 amide bonds. The molecule has 0 spiro atoms. The van der Waals surface area contributed by atoms with Gasteiger partial charge >= 0.3 is 0 Å². The van der Waals surface area contributed by atoms with Crippen LogP contribution in [-0.4, -0.2) is 8.07 Å². The van der Waals surface area contributed by atoms with E-state index in [0.29, 0.717) is 0 Å². The topological polar surface area (TPSA) is 78.7 Å². The fourth-order valence-corrected chi connectivity index (χ4v) is 22.1. The number of rotatable bonds is 16. The van der Waals surface area contributed by atoms with Crippen LogP contribution >= 0.6 is 0 Å². The van der Waals surface area contributed by atoms with Gasteiger partial charge in [-0.15, -0.1) is 0 Å². The van der Waals surface area contributed by atoms with Crippen LogP contribution in [0.15, 0.2) is 489 Å². The summed E-state index contributed by atoms with van der Waals surface area (Å²) in [4.78, 5) is 9.28. The monoisotopic (exact) mass is 1770 g/mol. The van der Waals surface area contributed by atoms with E-state index in [1.807, 2.05) is 36.4 Å². The quantitative estimate of drug-likeness (QED) is 0.0694. The number of benzene rings is 22. The molecule has 0 aliphatic rings. The van der Waals surface area contributed by atoms with E-state index in [4.69, 9.17) is 22.1 Å². The van der Waals surface area contributed by atoms with Crippen LogP contribution in [0.25, 0.3) is 186 Å². The van der Waals surface area contributed by atoms with E-state index in [-0.39, 0.29) is 0 Å². The molecule has 137 heavy (non-hydrogen) atoms. The lowest BCUT2D eigenvalue weighted by atomic mass is 9.95. The minimum atomic E-state index is -1.47. The Kier molecular flexibility index (Phi) is 19.1. The molecule has 0 bridgehead atoms. The fourth-order valence-electron chi connectivity index (χ4n) is 20.9. The molecule has 27 aromatic rings. The molecule has 27 rings (SSSR count). The van der Waals surface area contributed by atoms with Crippen LogP contribution in [0.4, 0.5) is 68.2 Å². The van der Waals surface area contributed by atoms with Crippen molar-refractivity contribution in [2.75, 3.05) is 19.6 Å². The Morgan fingerprint density at radius 3 is 0.898 bits per heavy atom. The summed E-state index contributed by atoms with van der Waals surface area (Å²) in [5.74, 6) is 0. The highest BCUT2D eigenvalue weighted by molar-refractivity contribution is 6.88. The van der Waals surface area contributed by atoms with Gasteiger partial charge in [0.25, 0.3) is 0 Å². The second-order valence-corrected chi connectivity index (χ2v) is 41.5. The predicted octanol–water partition coefficient (Wildman–Crippen LogP) is 36.9. The van der Waals surface area contributed by atoms with E-state index in [1.54, 1.807) is 0 Å². The highest BCUT2D eigenvalue weighted by Crippen LogP contribution is 2.53. The lowest BCUT2D eigenvalue weighted by molar-refractivity contribution is 0.668. The standard InChI is InChI=1S/C65H48N2O2Si.C62H38N2O3/c1-70(2,3)50-37-34-47(35-38-50)66(46-19-8-5-9-20-46)49-36-40-56-58(42-49)52-22-10-11-24-54(52)63-57-39-31-45(41-62(57)69-65(56)63)43-29-32-48(33-30-43)67(59-26-14-12-21-51(59)44-17-6-4-7-18-44)60-27-16-25-55-53-23-13-15-28-61(53)68-64(55)60;1-3-15-41(16-4-1)63(54-25-13-23-49-46-20-9-11-27-56(46)65-60(49)54)43-32-29-39(30-33-43)40-31-35-52-58(37-40)67-62-51-36-34-44(38-53(51)45-19-7-8-22-48(45)59(52)62)64(42-17-5-2-6-18-42)55-26-14-24-50-47-21-10-12-28-57(47)66-61(50)55/h4-42H,1-3H3;1-38H. The first-order valence-corrected chi connectivity index (χ1v) is 50.2. The van der Waals surface area contributed by atoms with Crippen molar-refractivity contribution in [3.8, 4) is 33.4 Å². The van der Waals surface area contributed by atoms with Crippen molar-refractivity contribution in [1.29, 1.82) is 0 Å². The summed E-state index contributed by atoms with van der Waals surface area (Å²) in [5.41, 5.74) is 27.9. The third-order valence-electron chi connectivity index (χ3n) is 27.4. The number of hydrogen-bond acceptors (Lipinski definition) is 9. The van der Waals surface area contributed by atoms with Gasteiger partial charge in [0.15, 0.2) is 16.7 Å². The Labute approximate surface area is 790 Å². The number of nitrogens with zero attached hydrogens (tertiary/aromatic N) is 4. The first kappa shape index (κ1) is 80.2. The Hall–Kier alpha value is -17.7. The van der Waals surface area contributed by atoms with Crippen LogP contribution in [0.3, 0.4) is 0 Å². The third kappa shape index (κ3) is 13.7. The van der Waals surface area contributed by atoms with E-state index in [1.165, 1.54) is 21.3 Å². The SMILES string of the molecule is C[Si](C)(C)c1ccc(N(c2ccccc2)c2ccc3c(c2)c2ccccc2c2c4ccc(-c5ccc(N(c6ccccc6-c6ccccc6)c6cccc7c6oc6ccccc67)cc5)cc4oc32)cc1.c1ccc(N(c2ccc(-c3ccc4c(c3)oc3c5ccc(N(c6ccccc6)c6cccc7c6oc6ccccc67)cc5c5ccccc5c43)cc2)c2cccc3c2oc2ccccc23)cc1. The fraction of sp³-hybridized carbons (Fsp3) is 0.0236. The van der Waals surface area contributed by atoms with Crippen LogP contribution in [0, 0.1) is 0 Å². The van der Waals surface area contributed by atoms with Gasteiger partial charge in [-0.2, -0.15) is 0 Å². The number of hydrogen-bond donors (Lipinski definition) is 0. The van der Waals surface area contributed by atoms with E-state index in [2.05, 4.69) is 470 Å². The van der Waals surface area contributed by atoms with Crippen molar-refractivity contribution in [2.45, 2.75) is 19.6 Å². The maximum Gasteiger partial charge on any atom is 0.159 e. The van der Waals surface area contributed by atoms with Gasteiger partial charge < -0.3 is 41.7 Å². The van der Waals surface area contributed by atoms with Gasteiger partial charge in [-0.1, -0.05) is 316 Å². The third-order valence-corrected chi connectivity index (χ3v) is 29.5. The summed E-state index contributed by atoms with van der Waals surface area (Å²) in [6.07, 6.45) is 0. The van der Waals surface area contributed by atoms with Crippen LogP contribution in [0.2, 0.25) is 19.6 Å². The summed E-state index contributed by atoms with van der Waals surface area (Å²) in [6, 6.07) is 166. The molecule has 22 aromatic carbocycles. The molecule has 10 heteroatoms. The molecule has 0 saturated carbocycles. The molecular weight excluding hydrogens is 1690 g/mol. The van der Waals surface area contributed by atoms with Crippen LogP contribution in [0.5, 0.6) is 0 Å². The Morgan fingerprint density at radius 1 is 0.161 bits per heavy atom. The zero-order valence-electron chi connectivity index (χ0n) is 75.3. The Balaban J connectivity index is 0.000000142. The molecule has 9 nitrogen and oxygen atoms in total. The molecule has 0 radical (unpaired) electrons. The minimum Gasteiger partial charge on any atom is -0.455 e. The molecule has 5 heterocycles. The average Bonchev–Trinajstić information content (AvgIpc) is 1.59. The van der Waals surface area contributed by atoms with Gasteiger partial charge in [0.2, 0.25) is 0 Å². The molecule has 0 N–H and O–H groups in total. The average molecular weight is 1780 g/mol. The predicted molar refractivity (Wildman–Crippen MR) is 577 cm³/mol. The minimum absolute atomic E-state index is 0.850. The number of para-hydroxylation sites is 10. The molecule has 5 aromatic heterocycles. The van der Waals surface area contributed by atoms with Crippen LogP contribution in [0.1, 0.15) is 0 Å². The van der Waals surface area contributed by atoms with Gasteiger partial charge in [-0.3, -0.25) is 0 Å². The van der Waals surface area contributed by atoms with Gasteiger partial charge in [-0.25, -0.2) is 0 Å². The number of anilines is 12. The van der Waals surface area contributed by atoms with E-state index in [0.717, 1.165) is 238 Å². The lowest BCUT2D eigenvalue weighted by Crippen LogP contribution is -2.37. The summed E-state index contributed by atoms with van der Waals surface area (Å²) >= 11 is 0. The molecule has 648 valence electrons. The van der Waals surface area contributed by atoms with Gasteiger partial charge in [0.1, 0.15) is 39.1 Å². The summed E-state index contributed by atoms with van der Waals surface area (Å²) in [5, 5.41) is 21.6. The van der Waals surface area contributed by atoms with Crippen molar-refractivity contribution in [1.82, 2.24) is 0 Å². The van der Waals surface area contributed by atoms with Crippen molar-refractivity contribution in [2.24, 2.45) is 0 Å². The summed E-state index contributed by atoms with van der Waals surface area (Å²) < 4.78 is 33.8. The van der Waals surface area contributed by atoms with Crippen LogP contribution in [-0.2, 0) is 0 Å². The zero-order valence-corrected chi connectivity index (χ0v) is 76.3. The van der Waals surface area contributed by atoms with Gasteiger partial charge in [0.05, 0.1) is 30.8 Å². The molecule has 0 saturated heterocycles. The van der Waals surface area contributed by atoms with E-state index < -0.39 is 8.07 Å². The highest BCUT2D eigenvalue weighted by atomic mass is 28.3. The largest absolute Gasteiger partial charge is 0.455 e. The van der Waals surface area contributed by atoms with Gasteiger partial charge in [-0.05, 0) is 236 Å². The van der Waals surface area contributed by atoms with Crippen molar-refractivity contribution >= 4 is 234 Å². The second-order valence-electron chi connectivity index (χ2n) is 36.5. The number of fused-ring (bicyclic) bond motifs is 25. The summed E-state index contributed by atoms with van der Waals surface area (Å²) in [6.45, 7) is 7.20. The maximum absolute atomic E-state index is 7.02. The maximum atomic E-state index is 7.02. The van der Waals surface area contributed by atoms with Gasteiger partial charge in [0, 0.05) is 116 Å².